The van der Waals surface area contributed by atoms with Crippen molar-refractivity contribution in [2.45, 2.75) is 6.18 Å². The van der Waals surface area contributed by atoms with Crippen LogP contribution in [-0.2, 0) is 6.18 Å². The molecule has 0 aliphatic heterocycles. The van der Waals surface area contributed by atoms with Gasteiger partial charge in [0.15, 0.2) is 0 Å². The fraction of sp³-hybridized carbons (Fsp3) is 0.100. The van der Waals surface area contributed by atoms with E-state index in [0.29, 0.717) is 0 Å². The Labute approximate surface area is 113 Å². The first-order chi connectivity index (χ1) is 8.30. The lowest BCUT2D eigenvalue weighted by Crippen LogP contribution is -2.08. The summed E-state index contributed by atoms with van der Waals surface area (Å²) in [5, 5.41) is 3.80. The average Bonchev–Trinajstić information content (AvgIpc) is 2.62. The van der Waals surface area contributed by atoms with E-state index in [1.54, 1.807) is 0 Å². The van der Waals surface area contributed by atoms with Gasteiger partial charge in [0.25, 0.3) is 0 Å². The number of nitrogens with zero attached hydrogens (tertiary/aromatic N) is 2. The Kier molecular flexibility index (Phi) is 3.29. The summed E-state index contributed by atoms with van der Waals surface area (Å²) in [4.78, 5) is 0. The number of nitrogen functional groups attached to an aromatic ring is 1. The van der Waals surface area contributed by atoms with E-state index in [-0.39, 0.29) is 21.0 Å². The molecule has 0 saturated carbocycles. The fourth-order valence-electron chi connectivity index (χ4n) is 1.43. The molecule has 2 N–H and O–H groups in total. The number of alkyl halides is 3. The van der Waals surface area contributed by atoms with Gasteiger partial charge in [-0.05, 0) is 28.1 Å². The molecule has 18 heavy (non-hydrogen) atoms. The second kappa shape index (κ2) is 4.47. The highest BCUT2D eigenvalue weighted by Gasteiger charge is 2.32. The molecule has 1 aromatic carbocycles. The van der Waals surface area contributed by atoms with Crippen molar-refractivity contribution in [3.05, 3.63) is 39.5 Å². The topological polar surface area (TPSA) is 43.8 Å². The number of hydrogen-bond acceptors (Lipinski definition) is 2. The maximum atomic E-state index is 12.6. The van der Waals surface area contributed by atoms with Crippen LogP contribution < -0.4 is 5.73 Å². The monoisotopic (exact) mass is 339 g/mol. The number of halogens is 5. The third-order valence-electron chi connectivity index (χ3n) is 2.23. The van der Waals surface area contributed by atoms with E-state index in [1.165, 1.54) is 16.9 Å². The highest BCUT2D eigenvalue weighted by atomic mass is 79.9. The largest absolute Gasteiger partial charge is 0.416 e. The molecule has 96 valence electrons. The van der Waals surface area contributed by atoms with Crippen molar-refractivity contribution >= 4 is 33.3 Å². The number of aromatic nitrogens is 2. The molecule has 0 aliphatic carbocycles. The van der Waals surface area contributed by atoms with E-state index < -0.39 is 11.7 Å². The van der Waals surface area contributed by atoms with Gasteiger partial charge in [0.2, 0.25) is 0 Å². The van der Waals surface area contributed by atoms with Crippen LogP contribution in [0.25, 0.3) is 5.69 Å². The second-order valence-corrected chi connectivity index (χ2v) is 4.72. The van der Waals surface area contributed by atoms with Crippen molar-refractivity contribution in [1.82, 2.24) is 9.78 Å². The van der Waals surface area contributed by atoms with E-state index in [1.807, 2.05) is 0 Å². The molecule has 0 unspecified atom stereocenters. The van der Waals surface area contributed by atoms with Gasteiger partial charge in [0.1, 0.15) is 5.82 Å². The maximum Gasteiger partial charge on any atom is 0.416 e. The molecule has 3 nitrogen and oxygen atoms in total. The van der Waals surface area contributed by atoms with Crippen LogP contribution in [0.3, 0.4) is 0 Å². The van der Waals surface area contributed by atoms with E-state index >= 15 is 0 Å². The average molecular weight is 341 g/mol. The van der Waals surface area contributed by atoms with Crippen LogP contribution in [-0.4, -0.2) is 9.78 Å². The Morgan fingerprint density at radius 2 is 2.00 bits per heavy atom. The third-order valence-corrected chi connectivity index (χ3v) is 3.12. The Hall–Kier alpha value is -1.21. The van der Waals surface area contributed by atoms with Gasteiger partial charge >= 0.3 is 6.18 Å². The zero-order valence-electron chi connectivity index (χ0n) is 8.67. The first-order valence-electron chi connectivity index (χ1n) is 4.67. The lowest BCUT2D eigenvalue weighted by Gasteiger charge is -2.13. The van der Waals surface area contributed by atoms with Crippen molar-refractivity contribution in [2.24, 2.45) is 0 Å². The van der Waals surface area contributed by atoms with Crippen molar-refractivity contribution in [2.75, 3.05) is 5.73 Å². The lowest BCUT2D eigenvalue weighted by molar-refractivity contribution is -0.137. The quantitative estimate of drug-likeness (QED) is 0.856. The van der Waals surface area contributed by atoms with Gasteiger partial charge in [0, 0.05) is 10.5 Å². The fourth-order valence-corrected chi connectivity index (χ4v) is 2.47. The Bertz CT molecular complexity index is 571. The van der Waals surface area contributed by atoms with E-state index in [0.717, 1.165) is 12.1 Å². The predicted molar refractivity (Wildman–Crippen MR) is 65.7 cm³/mol. The second-order valence-electron chi connectivity index (χ2n) is 3.45. The van der Waals surface area contributed by atoms with Crippen molar-refractivity contribution in [3.8, 4) is 5.69 Å². The summed E-state index contributed by atoms with van der Waals surface area (Å²) >= 11 is 8.90. The summed E-state index contributed by atoms with van der Waals surface area (Å²) in [5.41, 5.74) is 5.06. The highest BCUT2D eigenvalue weighted by Crippen LogP contribution is 2.37. The molecule has 1 aromatic heterocycles. The molecule has 0 fully saturated rings. The number of benzene rings is 1. The van der Waals surface area contributed by atoms with E-state index in [4.69, 9.17) is 17.3 Å². The van der Waals surface area contributed by atoms with Crippen LogP contribution in [0.2, 0.25) is 5.02 Å². The molecule has 0 saturated heterocycles. The van der Waals surface area contributed by atoms with E-state index in [2.05, 4.69) is 21.0 Å². The van der Waals surface area contributed by atoms with Crippen LogP contribution in [0.1, 0.15) is 5.56 Å². The molecule has 0 bridgehead atoms. The highest BCUT2D eigenvalue weighted by molar-refractivity contribution is 9.10. The SMILES string of the molecule is Nc1ccnn1-c1c(Cl)cc(C(F)(F)F)cc1Br. The normalized spacial score (nSPS) is 11.8. The molecule has 0 spiro atoms. The molecule has 2 rings (SSSR count). The van der Waals surface area contributed by atoms with Crippen LogP contribution in [0.5, 0.6) is 0 Å². The Morgan fingerprint density at radius 1 is 1.33 bits per heavy atom. The minimum Gasteiger partial charge on any atom is -0.384 e. The predicted octanol–water partition coefficient (Wildman–Crippen LogP) is 3.89. The molecular formula is C10H6BrClF3N3. The maximum absolute atomic E-state index is 12.6. The van der Waals surface area contributed by atoms with Gasteiger partial charge in [-0.25, -0.2) is 4.68 Å². The summed E-state index contributed by atoms with van der Waals surface area (Å²) in [7, 11) is 0. The Balaban J connectivity index is 2.62. The van der Waals surface area contributed by atoms with Crippen LogP contribution in [0.15, 0.2) is 28.9 Å². The molecule has 8 heteroatoms. The van der Waals surface area contributed by atoms with Crippen molar-refractivity contribution < 1.29 is 13.2 Å². The first-order valence-corrected chi connectivity index (χ1v) is 5.84. The zero-order chi connectivity index (χ0) is 13.5. The van der Waals surface area contributed by atoms with Crippen LogP contribution >= 0.6 is 27.5 Å². The van der Waals surface area contributed by atoms with Gasteiger partial charge in [-0.2, -0.15) is 18.3 Å². The molecule has 1 heterocycles. The number of rotatable bonds is 1. The smallest absolute Gasteiger partial charge is 0.384 e. The minimum atomic E-state index is -4.46. The van der Waals surface area contributed by atoms with Crippen molar-refractivity contribution in [1.29, 1.82) is 0 Å². The van der Waals surface area contributed by atoms with Gasteiger partial charge in [-0.15, -0.1) is 0 Å². The Morgan fingerprint density at radius 3 is 2.44 bits per heavy atom. The summed E-state index contributed by atoms with van der Waals surface area (Å²) in [5.74, 6) is 0.275. The number of hydrogen-bond donors (Lipinski definition) is 1. The third kappa shape index (κ3) is 2.32. The zero-order valence-corrected chi connectivity index (χ0v) is 11.0. The van der Waals surface area contributed by atoms with Crippen LogP contribution in [0, 0.1) is 0 Å². The van der Waals surface area contributed by atoms with Gasteiger partial charge in [-0.3, -0.25) is 0 Å². The summed E-state index contributed by atoms with van der Waals surface area (Å²) in [6.07, 6.45) is -3.03. The lowest BCUT2D eigenvalue weighted by atomic mass is 10.2. The summed E-state index contributed by atoms with van der Waals surface area (Å²) < 4.78 is 39.1. The number of anilines is 1. The van der Waals surface area contributed by atoms with Gasteiger partial charge in [0.05, 0.1) is 22.5 Å². The molecule has 0 aliphatic rings. The standard InChI is InChI=1S/C10H6BrClF3N3/c11-6-3-5(10(13,14)15)4-7(12)9(6)18-8(16)1-2-17-18/h1-4H,16H2. The summed E-state index contributed by atoms with van der Waals surface area (Å²) in [6, 6.07) is 3.28. The van der Waals surface area contributed by atoms with Crippen LogP contribution in [0.4, 0.5) is 19.0 Å². The number of nitrogens with two attached hydrogens (primary N) is 1. The molecule has 0 radical (unpaired) electrons. The molecule has 0 amide bonds. The molecule has 2 aromatic rings. The molecular weight excluding hydrogens is 334 g/mol. The first kappa shape index (κ1) is 13.2. The van der Waals surface area contributed by atoms with E-state index in [9.17, 15) is 13.2 Å². The van der Waals surface area contributed by atoms with Crippen molar-refractivity contribution in [3.63, 3.8) is 0 Å². The molecule has 0 atom stereocenters. The van der Waals surface area contributed by atoms with Gasteiger partial charge in [-0.1, -0.05) is 11.6 Å². The minimum absolute atomic E-state index is 0.0906. The summed E-state index contributed by atoms with van der Waals surface area (Å²) in [6.45, 7) is 0. The van der Waals surface area contributed by atoms with Gasteiger partial charge < -0.3 is 5.73 Å².